The number of hydrogen-bond acceptors (Lipinski definition) is 5. The zero-order chi connectivity index (χ0) is 12.9. The van der Waals surface area contributed by atoms with Crippen LogP contribution in [0.15, 0.2) is 6.33 Å². The molecule has 2 N–H and O–H groups in total. The summed E-state index contributed by atoms with van der Waals surface area (Å²) in [6.45, 7) is 0.274. The number of nitrogens with one attached hydrogen (secondary N) is 1. The molecule has 0 unspecified atom stereocenters. The quantitative estimate of drug-likeness (QED) is 0.621. The van der Waals surface area contributed by atoms with Gasteiger partial charge in [-0.3, -0.25) is 4.68 Å². The van der Waals surface area contributed by atoms with Gasteiger partial charge in [-0.25, -0.2) is 4.98 Å². The van der Waals surface area contributed by atoms with Crippen LogP contribution in [0.2, 0.25) is 0 Å². The van der Waals surface area contributed by atoms with E-state index >= 15 is 0 Å². The van der Waals surface area contributed by atoms with Gasteiger partial charge in [-0.2, -0.15) is 22.5 Å². The van der Waals surface area contributed by atoms with Crippen molar-refractivity contribution in [3.8, 4) is 0 Å². The summed E-state index contributed by atoms with van der Waals surface area (Å²) in [6, 6.07) is 0. The Kier molecular flexibility index (Phi) is 5.00. The minimum Gasteiger partial charge on any atom is -0.396 e. The first-order valence-corrected chi connectivity index (χ1v) is 6.56. The normalized spacial score (nSPS) is 12.2. The molecule has 9 heteroatoms. The highest BCUT2D eigenvalue weighted by atomic mass is 32.2. The average molecular weight is 263 g/mol. The molecule has 98 valence electrons. The van der Waals surface area contributed by atoms with Crippen LogP contribution in [0.4, 0.5) is 0 Å². The molecule has 0 amide bonds. The van der Waals surface area contributed by atoms with E-state index in [0.29, 0.717) is 12.2 Å². The monoisotopic (exact) mass is 263 g/mol. The van der Waals surface area contributed by atoms with Gasteiger partial charge in [0.25, 0.3) is 10.2 Å². The van der Waals surface area contributed by atoms with Gasteiger partial charge in [0, 0.05) is 27.2 Å². The zero-order valence-corrected chi connectivity index (χ0v) is 10.7. The predicted octanol–water partition coefficient (Wildman–Crippen LogP) is -1.54. The molecule has 0 aliphatic heterocycles. The molecule has 1 aromatic heterocycles. The van der Waals surface area contributed by atoms with Gasteiger partial charge in [0.05, 0.1) is 6.54 Å². The second-order valence-corrected chi connectivity index (χ2v) is 5.42. The SMILES string of the molecule is CN(CCCO)S(=O)(=O)NCc1ncn(C)n1. The van der Waals surface area contributed by atoms with Crippen molar-refractivity contribution >= 4 is 10.2 Å². The number of hydrogen-bond donors (Lipinski definition) is 2. The third kappa shape index (κ3) is 4.38. The highest BCUT2D eigenvalue weighted by Crippen LogP contribution is 1.97. The number of aliphatic hydroxyl groups excluding tert-OH is 1. The summed E-state index contributed by atoms with van der Waals surface area (Å²) in [5.74, 6) is 0.409. The van der Waals surface area contributed by atoms with E-state index in [1.54, 1.807) is 7.05 Å². The van der Waals surface area contributed by atoms with Crippen LogP contribution >= 0.6 is 0 Å². The third-order valence-corrected chi connectivity index (χ3v) is 3.61. The van der Waals surface area contributed by atoms with Gasteiger partial charge < -0.3 is 5.11 Å². The first-order chi connectivity index (χ1) is 7.95. The van der Waals surface area contributed by atoms with Gasteiger partial charge in [0.15, 0.2) is 5.82 Å². The zero-order valence-electron chi connectivity index (χ0n) is 9.87. The van der Waals surface area contributed by atoms with Crippen molar-refractivity contribution in [2.24, 2.45) is 7.05 Å². The van der Waals surface area contributed by atoms with Crippen LogP contribution in [0.25, 0.3) is 0 Å². The van der Waals surface area contributed by atoms with E-state index in [2.05, 4.69) is 14.8 Å². The van der Waals surface area contributed by atoms with Crippen LogP contribution in [0, 0.1) is 0 Å². The van der Waals surface area contributed by atoms with E-state index in [1.165, 1.54) is 18.1 Å². The lowest BCUT2D eigenvalue weighted by Gasteiger charge is -2.16. The van der Waals surface area contributed by atoms with Crippen LogP contribution < -0.4 is 4.72 Å². The minimum atomic E-state index is -3.54. The molecule has 1 aromatic rings. The maximum absolute atomic E-state index is 11.7. The number of aromatic nitrogens is 3. The Morgan fingerprint density at radius 2 is 2.29 bits per heavy atom. The van der Waals surface area contributed by atoms with Crippen molar-refractivity contribution in [2.75, 3.05) is 20.2 Å². The molecule has 0 aromatic carbocycles. The van der Waals surface area contributed by atoms with Gasteiger partial charge >= 0.3 is 0 Å². The summed E-state index contributed by atoms with van der Waals surface area (Å²) in [4.78, 5) is 3.91. The lowest BCUT2D eigenvalue weighted by atomic mass is 10.5. The molecule has 0 bridgehead atoms. The highest BCUT2D eigenvalue weighted by Gasteiger charge is 2.17. The molecule has 8 nitrogen and oxygen atoms in total. The fourth-order valence-corrected chi connectivity index (χ4v) is 2.05. The second-order valence-electron chi connectivity index (χ2n) is 3.56. The van der Waals surface area contributed by atoms with Crippen LogP contribution in [-0.2, 0) is 23.8 Å². The van der Waals surface area contributed by atoms with E-state index in [1.807, 2.05) is 0 Å². The molecule has 1 heterocycles. The number of aryl methyl sites for hydroxylation is 1. The van der Waals surface area contributed by atoms with E-state index < -0.39 is 10.2 Å². The second kappa shape index (κ2) is 6.05. The van der Waals surface area contributed by atoms with Gasteiger partial charge in [0.1, 0.15) is 6.33 Å². The largest absolute Gasteiger partial charge is 0.396 e. The van der Waals surface area contributed by atoms with Crippen molar-refractivity contribution < 1.29 is 13.5 Å². The van der Waals surface area contributed by atoms with Crippen molar-refractivity contribution in [3.05, 3.63) is 12.2 Å². The molecule has 0 aliphatic carbocycles. The molecular formula is C8H17N5O3S. The minimum absolute atomic E-state index is 0.0400. The van der Waals surface area contributed by atoms with Crippen LogP contribution in [0.3, 0.4) is 0 Å². The Morgan fingerprint density at radius 1 is 1.59 bits per heavy atom. The molecule has 1 rings (SSSR count). The summed E-state index contributed by atoms with van der Waals surface area (Å²) < 4.78 is 28.4. The molecule has 0 aliphatic rings. The van der Waals surface area contributed by atoms with Crippen LogP contribution in [0.1, 0.15) is 12.2 Å². The Hall–Kier alpha value is -1.03. The van der Waals surface area contributed by atoms with Crippen LogP contribution in [-0.4, -0.2) is 52.8 Å². The number of rotatable bonds is 7. The molecule has 0 radical (unpaired) electrons. The summed E-state index contributed by atoms with van der Waals surface area (Å²) in [6.07, 6.45) is 1.90. The Morgan fingerprint density at radius 3 is 2.82 bits per heavy atom. The molecular weight excluding hydrogens is 246 g/mol. The molecule has 0 atom stereocenters. The summed E-state index contributed by atoms with van der Waals surface area (Å²) in [5, 5.41) is 12.6. The molecule has 0 spiro atoms. The number of nitrogens with zero attached hydrogens (tertiary/aromatic N) is 4. The first kappa shape index (κ1) is 14.0. The van der Waals surface area contributed by atoms with Crippen molar-refractivity contribution in [1.29, 1.82) is 0 Å². The smallest absolute Gasteiger partial charge is 0.279 e. The van der Waals surface area contributed by atoms with E-state index in [0.717, 1.165) is 4.31 Å². The molecule has 17 heavy (non-hydrogen) atoms. The van der Waals surface area contributed by atoms with E-state index in [-0.39, 0.29) is 19.7 Å². The third-order valence-electron chi connectivity index (χ3n) is 2.10. The van der Waals surface area contributed by atoms with Crippen molar-refractivity contribution in [3.63, 3.8) is 0 Å². The van der Waals surface area contributed by atoms with Gasteiger partial charge in [-0.15, -0.1) is 0 Å². The maximum atomic E-state index is 11.7. The summed E-state index contributed by atoms with van der Waals surface area (Å²) in [5.41, 5.74) is 0. The van der Waals surface area contributed by atoms with Gasteiger partial charge in [0.2, 0.25) is 0 Å². The van der Waals surface area contributed by atoms with Gasteiger partial charge in [-0.1, -0.05) is 0 Å². The summed E-state index contributed by atoms with van der Waals surface area (Å²) >= 11 is 0. The molecule has 0 saturated heterocycles. The lowest BCUT2D eigenvalue weighted by molar-refractivity contribution is 0.275. The van der Waals surface area contributed by atoms with E-state index in [4.69, 9.17) is 5.11 Å². The number of aliphatic hydroxyl groups is 1. The lowest BCUT2D eigenvalue weighted by Crippen LogP contribution is -2.38. The molecule has 0 fully saturated rings. The summed E-state index contributed by atoms with van der Waals surface area (Å²) in [7, 11) is -0.384. The van der Waals surface area contributed by atoms with Crippen molar-refractivity contribution in [2.45, 2.75) is 13.0 Å². The Labute approximate surface area is 100 Å². The van der Waals surface area contributed by atoms with Crippen LogP contribution in [0.5, 0.6) is 0 Å². The Bertz CT molecular complexity index is 444. The highest BCUT2D eigenvalue weighted by molar-refractivity contribution is 7.87. The van der Waals surface area contributed by atoms with Gasteiger partial charge in [-0.05, 0) is 6.42 Å². The standard InChI is InChI=1S/C8H17N5O3S/c1-12-7-9-8(11-12)6-10-17(15,16)13(2)4-3-5-14/h7,10,14H,3-6H2,1-2H3. The molecule has 0 saturated carbocycles. The Balaban J connectivity index is 2.49. The van der Waals surface area contributed by atoms with Crippen molar-refractivity contribution in [1.82, 2.24) is 23.8 Å². The average Bonchev–Trinajstić information content (AvgIpc) is 2.69. The fourth-order valence-electron chi connectivity index (χ4n) is 1.14. The fraction of sp³-hybridized carbons (Fsp3) is 0.750. The first-order valence-electron chi connectivity index (χ1n) is 5.12. The van der Waals surface area contributed by atoms with E-state index in [9.17, 15) is 8.42 Å². The maximum Gasteiger partial charge on any atom is 0.279 e. The topological polar surface area (TPSA) is 100 Å². The predicted molar refractivity (Wildman–Crippen MR) is 61.1 cm³/mol.